The number of amides is 2. The quantitative estimate of drug-likeness (QED) is 0.736. The van der Waals surface area contributed by atoms with Crippen molar-refractivity contribution >= 4 is 11.8 Å². The van der Waals surface area contributed by atoms with Crippen LogP contribution >= 0.6 is 0 Å². The summed E-state index contributed by atoms with van der Waals surface area (Å²) in [4.78, 5) is 34.6. The standard InChI is InChI=1S/C19H26N6O3/c1-22-11-16(20-13-22)14-10-25(17(26)15-4-6-23(2)21-15)12-19(14)5-7-24(18(19)27)8-9-28-3/h4,6,11,13-14H,5,7-10,12H2,1-3H3. The van der Waals surface area contributed by atoms with E-state index in [1.165, 1.54) is 0 Å². The summed E-state index contributed by atoms with van der Waals surface area (Å²) in [6.45, 7) is 2.62. The number of aromatic nitrogens is 4. The van der Waals surface area contributed by atoms with Gasteiger partial charge in [-0.25, -0.2) is 4.98 Å². The van der Waals surface area contributed by atoms with Crippen molar-refractivity contribution in [1.82, 2.24) is 29.1 Å². The minimum atomic E-state index is -0.632. The second-order valence-corrected chi connectivity index (χ2v) is 7.77. The maximum atomic E-state index is 13.4. The van der Waals surface area contributed by atoms with E-state index in [0.717, 1.165) is 5.69 Å². The molecule has 2 atom stereocenters. The number of likely N-dealkylation sites (tertiary alicyclic amines) is 2. The molecular weight excluding hydrogens is 360 g/mol. The Hall–Kier alpha value is -2.68. The highest BCUT2D eigenvalue weighted by molar-refractivity contribution is 5.94. The molecule has 2 aromatic heterocycles. The van der Waals surface area contributed by atoms with Crippen molar-refractivity contribution in [1.29, 1.82) is 0 Å². The largest absolute Gasteiger partial charge is 0.383 e. The fraction of sp³-hybridized carbons (Fsp3) is 0.579. The Balaban J connectivity index is 1.65. The number of rotatable bonds is 5. The summed E-state index contributed by atoms with van der Waals surface area (Å²) >= 11 is 0. The first kappa shape index (κ1) is 18.7. The molecule has 2 aromatic rings. The summed E-state index contributed by atoms with van der Waals surface area (Å²) in [6.07, 6.45) is 6.16. The summed E-state index contributed by atoms with van der Waals surface area (Å²) in [5, 5.41) is 4.24. The van der Waals surface area contributed by atoms with Gasteiger partial charge in [-0.05, 0) is 12.5 Å². The molecule has 0 saturated carbocycles. The molecule has 0 aromatic carbocycles. The molecule has 2 saturated heterocycles. The highest BCUT2D eigenvalue weighted by atomic mass is 16.5. The molecule has 9 heteroatoms. The van der Waals surface area contributed by atoms with Crippen molar-refractivity contribution in [2.75, 3.05) is 39.9 Å². The molecule has 2 amide bonds. The molecule has 0 bridgehead atoms. The fourth-order valence-electron chi connectivity index (χ4n) is 4.49. The number of carbonyl (C=O) groups excluding carboxylic acids is 2. The number of ether oxygens (including phenoxy) is 1. The average molecular weight is 386 g/mol. The predicted molar refractivity (Wildman–Crippen MR) is 101 cm³/mol. The van der Waals surface area contributed by atoms with E-state index < -0.39 is 5.41 Å². The van der Waals surface area contributed by atoms with Crippen molar-refractivity contribution < 1.29 is 14.3 Å². The van der Waals surface area contributed by atoms with E-state index in [9.17, 15) is 9.59 Å². The molecule has 4 heterocycles. The van der Waals surface area contributed by atoms with Gasteiger partial charge in [0.2, 0.25) is 5.91 Å². The third-order valence-electron chi connectivity index (χ3n) is 5.95. The molecule has 2 aliphatic heterocycles. The van der Waals surface area contributed by atoms with Gasteiger partial charge in [0.1, 0.15) is 5.69 Å². The van der Waals surface area contributed by atoms with Crippen molar-refractivity contribution in [3.05, 3.63) is 36.2 Å². The molecule has 28 heavy (non-hydrogen) atoms. The maximum absolute atomic E-state index is 13.4. The molecule has 2 fully saturated rings. The van der Waals surface area contributed by atoms with Crippen LogP contribution in [0.3, 0.4) is 0 Å². The lowest BCUT2D eigenvalue weighted by molar-refractivity contribution is -0.136. The normalized spacial score (nSPS) is 24.7. The van der Waals surface area contributed by atoms with Crippen LogP contribution in [0.2, 0.25) is 0 Å². The van der Waals surface area contributed by atoms with Crippen LogP contribution < -0.4 is 0 Å². The van der Waals surface area contributed by atoms with E-state index in [2.05, 4.69) is 10.1 Å². The monoisotopic (exact) mass is 386 g/mol. The summed E-state index contributed by atoms with van der Waals surface area (Å²) in [5.74, 6) is -0.167. The van der Waals surface area contributed by atoms with E-state index in [1.54, 1.807) is 42.3 Å². The van der Waals surface area contributed by atoms with Crippen LogP contribution in [-0.2, 0) is 23.6 Å². The number of nitrogens with zero attached hydrogens (tertiary/aromatic N) is 6. The number of aryl methyl sites for hydroxylation is 2. The van der Waals surface area contributed by atoms with E-state index in [0.29, 0.717) is 44.9 Å². The molecule has 0 aliphatic carbocycles. The number of hydrogen-bond donors (Lipinski definition) is 0. The predicted octanol–water partition coefficient (Wildman–Crippen LogP) is 0.258. The van der Waals surface area contributed by atoms with Gasteiger partial charge in [-0.2, -0.15) is 5.10 Å². The maximum Gasteiger partial charge on any atom is 0.274 e. The van der Waals surface area contributed by atoms with E-state index in [4.69, 9.17) is 4.74 Å². The van der Waals surface area contributed by atoms with Crippen molar-refractivity contribution in [2.45, 2.75) is 12.3 Å². The molecular formula is C19H26N6O3. The first-order valence-corrected chi connectivity index (χ1v) is 9.50. The number of carbonyl (C=O) groups is 2. The third kappa shape index (κ3) is 2.99. The van der Waals surface area contributed by atoms with Crippen LogP contribution in [0.4, 0.5) is 0 Å². The van der Waals surface area contributed by atoms with E-state index >= 15 is 0 Å². The van der Waals surface area contributed by atoms with Crippen LogP contribution in [0, 0.1) is 5.41 Å². The highest BCUT2D eigenvalue weighted by Crippen LogP contribution is 2.49. The zero-order valence-electron chi connectivity index (χ0n) is 16.5. The van der Waals surface area contributed by atoms with Gasteiger partial charge in [0.05, 0.1) is 24.0 Å². The van der Waals surface area contributed by atoms with Crippen LogP contribution in [-0.4, -0.2) is 80.8 Å². The third-order valence-corrected chi connectivity index (χ3v) is 5.95. The Bertz CT molecular complexity index is 890. The Kier molecular flexibility index (Phi) is 4.70. The topological polar surface area (TPSA) is 85.5 Å². The Labute approximate surface area is 163 Å². The Morgan fingerprint density at radius 2 is 2.21 bits per heavy atom. The smallest absolute Gasteiger partial charge is 0.274 e. The molecule has 1 spiro atoms. The van der Waals surface area contributed by atoms with E-state index in [-0.39, 0.29) is 17.7 Å². The summed E-state index contributed by atoms with van der Waals surface area (Å²) < 4.78 is 8.65. The highest BCUT2D eigenvalue weighted by Gasteiger charge is 2.58. The lowest BCUT2D eigenvalue weighted by Crippen LogP contribution is -2.41. The summed E-state index contributed by atoms with van der Waals surface area (Å²) in [5.41, 5.74) is 0.633. The van der Waals surface area contributed by atoms with Gasteiger partial charge in [0, 0.05) is 65.7 Å². The number of methoxy groups -OCH3 is 1. The van der Waals surface area contributed by atoms with Crippen LogP contribution in [0.1, 0.15) is 28.5 Å². The van der Waals surface area contributed by atoms with Crippen molar-refractivity contribution in [3.63, 3.8) is 0 Å². The second-order valence-electron chi connectivity index (χ2n) is 7.77. The molecule has 9 nitrogen and oxygen atoms in total. The van der Waals surface area contributed by atoms with Crippen LogP contribution in [0.15, 0.2) is 24.8 Å². The van der Waals surface area contributed by atoms with Gasteiger partial charge in [0.15, 0.2) is 0 Å². The Morgan fingerprint density at radius 3 is 2.86 bits per heavy atom. The fourth-order valence-corrected chi connectivity index (χ4v) is 4.49. The summed E-state index contributed by atoms with van der Waals surface area (Å²) in [6, 6.07) is 1.71. The minimum absolute atomic E-state index is 0.0940. The second kappa shape index (κ2) is 7.05. The van der Waals surface area contributed by atoms with E-state index in [1.807, 2.05) is 22.7 Å². The lowest BCUT2D eigenvalue weighted by Gasteiger charge is -2.27. The van der Waals surface area contributed by atoms with Crippen molar-refractivity contribution in [2.24, 2.45) is 19.5 Å². The first-order chi connectivity index (χ1) is 13.4. The van der Waals surface area contributed by atoms with Gasteiger partial charge >= 0.3 is 0 Å². The van der Waals surface area contributed by atoms with Crippen LogP contribution in [0.25, 0.3) is 0 Å². The zero-order chi connectivity index (χ0) is 19.9. The SMILES string of the molecule is COCCN1CCC2(CN(C(=O)c3ccn(C)n3)CC2c2cn(C)cn2)C1=O. The van der Waals surface area contributed by atoms with Gasteiger partial charge < -0.3 is 19.1 Å². The number of hydrogen-bond acceptors (Lipinski definition) is 5. The van der Waals surface area contributed by atoms with Gasteiger partial charge in [0.25, 0.3) is 5.91 Å². The Morgan fingerprint density at radius 1 is 1.39 bits per heavy atom. The lowest BCUT2D eigenvalue weighted by atomic mass is 9.75. The summed E-state index contributed by atoms with van der Waals surface area (Å²) in [7, 11) is 5.33. The van der Waals surface area contributed by atoms with Gasteiger partial charge in [-0.3, -0.25) is 14.3 Å². The van der Waals surface area contributed by atoms with Gasteiger partial charge in [-0.1, -0.05) is 0 Å². The molecule has 2 unspecified atom stereocenters. The van der Waals surface area contributed by atoms with Crippen molar-refractivity contribution in [3.8, 4) is 0 Å². The molecule has 150 valence electrons. The molecule has 0 radical (unpaired) electrons. The first-order valence-electron chi connectivity index (χ1n) is 9.50. The average Bonchev–Trinajstić information content (AvgIpc) is 3.43. The minimum Gasteiger partial charge on any atom is -0.383 e. The van der Waals surface area contributed by atoms with Gasteiger partial charge in [-0.15, -0.1) is 0 Å². The van der Waals surface area contributed by atoms with Crippen LogP contribution in [0.5, 0.6) is 0 Å². The number of imidazole rings is 1. The molecule has 0 N–H and O–H groups in total. The zero-order valence-corrected chi connectivity index (χ0v) is 16.5. The molecule has 4 rings (SSSR count). The molecule has 2 aliphatic rings.